The van der Waals surface area contributed by atoms with E-state index in [4.69, 9.17) is 16.3 Å². The molecule has 0 aliphatic heterocycles. The number of hydrogen-bond donors (Lipinski definition) is 0. The number of ether oxygens (including phenoxy) is 1. The highest BCUT2D eigenvalue weighted by Gasteiger charge is 1.71. The lowest BCUT2D eigenvalue weighted by Gasteiger charge is -1.88. The summed E-state index contributed by atoms with van der Waals surface area (Å²) in [6, 6.07) is 0. The number of rotatable bonds is 3. The van der Waals surface area contributed by atoms with E-state index in [0.29, 0.717) is 6.61 Å². The lowest BCUT2D eigenvalue weighted by atomic mass is 10.7. The Bertz CT molecular complexity index is 52.0. The second kappa shape index (κ2) is 5.99. The summed E-state index contributed by atoms with van der Waals surface area (Å²) in [5.74, 6) is 0. The van der Waals surface area contributed by atoms with Crippen LogP contribution in [0.2, 0.25) is 0 Å². The van der Waals surface area contributed by atoms with E-state index in [9.17, 15) is 0 Å². The van der Waals surface area contributed by atoms with Gasteiger partial charge in [-0.1, -0.05) is 11.6 Å². The van der Waals surface area contributed by atoms with Crippen molar-refractivity contribution in [2.24, 2.45) is 0 Å². The van der Waals surface area contributed by atoms with E-state index < -0.39 is 0 Å². The van der Waals surface area contributed by atoms with Gasteiger partial charge in [0.1, 0.15) is 0 Å². The molecule has 0 aromatic carbocycles. The molecule has 0 heterocycles. The number of hydrogen-bond acceptors (Lipinski definition) is 1. The molecule has 0 aliphatic rings. The van der Waals surface area contributed by atoms with Crippen LogP contribution in [0.25, 0.3) is 0 Å². The average molecular weight is 120 g/mol. The smallest absolute Gasteiger partial charge is 0.0810 e. The molecule has 0 N–H and O–H groups in total. The molecule has 0 aliphatic carbocycles. The molecule has 0 saturated heterocycles. The Morgan fingerprint density at radius 2 is 2.43 bits per heavy atom. The van der Waals surface area contributed by atoms with Gasteiger partial charge in [-0.05, 0) is 13.0 Å². The molecular weight excluding hydrogens is 112 g/mol. The molecule has 0 rings (SSSR count). The summed E-state index contributed by atoms with van der Waals surface area (Å²) in [5, 5.41) is 0. The quantitative estimate of drug-likeness (QED) is 0.516. The van der Waals surface area contributed by atoms with Crippen molar-refractivity contribution in [3.8, 4) is 0 Å². The predicted molar refractivity (Wildman–Crippen MR) is 30.9 cm³/mol. The van der Waals surface area contributed by atoms with Gasteiger partial charge in [0.2, 0.25) is 0 Å². The minimum atomic E-state index is 0.569. The summed E-state index contributed by atoms with van der Waals surface area (Å²) < 4.78 is 4.78. The maximum atomic E-state index is 5.16. The summed E-state index contributed by atoms with van der Waals surface area (Å²) in [6.45, 7) is 4.01. The first-order valence-corrected chi connectivity index (χ1v) is 2.50. The molecule has 0 saturated carbocycles. The summed E-state index contributed by atoms with van der Waals surface area (Å²) in [6.07, 6.45) is 1.72. The van der Waals surface area contributed by atoms with E-state index in [2.05, 4.69) is 0 Å². The molecule has 0 aromatic rings. The van der Waals surface area contributed by atoms with Crippen LogP contribution in [-0.4, -0.2) is 6.61 Å². The van der Waals surface area contributed by atoms with Gasteiger partial charge in [0.05, 0.1) is 13.2 Å². The highest BCUT2D eigenvalue weighted by Crippen LogP contribution is 1.81. The van der Waals surface area contributed by atoms with Crippen LogP contribution in [-0.2, 0) is 4.74 Å². The van der Waals surface area contributed by atoms with Crippen molar-refractivity contribution in [2.45, 2.75) is 6.92 Å². The van der Waals surface area contributed by atoms with Crippen LogP contribution in [0, 0.1) is 6.61 Å². The fourth-order valence-electron chi connectivity index (χ4n) is 0.188. The molecule has 0 bridgehead atoms. The normalized spacial score (nSPS) is 10.6. The predicted octanol–water partition coefficient (Wildman–Crippen LogP) is 1.94. The Morgan fingerprint density at radius 3 is 2.86 bits per heavy atom. The molecule has 0 amide bonds. The Kier molecular flexibility index (Phi) is 5.98. The SMILES string of the molecule is C[CH]OC/C=C/Cl. The van der Waals surface area contributed by atoms with Crippen LogP contribution in [0.15, 0.2) is 11.6 Å². The maximum Gasteiger partial charge on any atom is 0.0810 e. The van der Waals surface area contributed by atoms with Crippen molar-refractivity contribution in [3.63, 3.8) is 0 Å². The average Bonchev–Trinajstić information content (AvgIpc) is 1.69. The van der Waals surface area contributed by atoms with E-state index in [1.165, 1.54) is 5.54 Å². The molecule has 1 nitrogen and oxygen atoms in total. The van der Waals surface area contributed by atoms with Crippen molar-refractivity contribution in [1.82, 2.24) is 0 Å². The van der Waals surface area contributed by atoms with Crippen LogP contribution in [0.5, 0.6) is 0 Å². The first-order valence-electron chi connectivity index (χ1n) is 2.06. The fraction of sp³-hybridized carbons (Fsp3) is 0.400. The lowest BCUT2D eigenvalue weighted by molar-refractivity contribution is 0.239. The van der Waals surface area contributed by atoms with Crippen LogP contribution in [0.1, 0.15) is 6.92 Å². The summed E-state index contributed by atoms with van der Waals surface area (Å²) >= 11 is 5.16. The third-order valence-corrected chi connectivity index (χ3v) is 0.626. The van der Waals surface area contributed by atoms with Crippen LogP contribution in [0.3, 0.4) is 0 Å². The monoisotopic (exact) mass is 119 g/mol. The molecular formula is C5H8ClO. The van der Waals surface area contributed by atoms with Gasteiger partial charge in [-0.3, -0.25) is 0 Å². The zero-order valence-corrected chi connectivity index (χ0v) is 4.98. The molecule has 2 heteroatoms. The molecule has 0 fully saturated rings. The zero-order valence-electron chi connectivity index (χ0n) is 4.23. The molecule has 7 heavy (non-hydrogen) atoms. The first kappa shape index (κ1) is 6.99. The third kappa shape index (κ3) is 5.99. The van der Waals surface area contributed by atoms with E-state index >= 15 is 0 Å². The maximum absolute atomic E-state index is 5.16. The summed E-state index contributed by atoms with van der Waals surface area (Å²) in [4.78, 5) is 0. The van der Waals surface area contributed by atoms with Crippen molar-refractivity contribution in [1.29, 1.82) is 0 Å². The zero-order chi connectivity index (χ0) is 5.54. The molecule has 0 unspecified atom stereocenters. The first-order chi connectivity index (χ1) is 3.41. The standard InChI is InChI=1S/C5H8ClO/c1-2-7-5-3-4-6/h2-4H,5H2,1H3/b4-3+. The Balaban J connectivity index is 2.69. The Hall–Kier alpha value is -0.0100. The van der Waals surface area contributed by atoms with Gasteiger partial charge in [-0.25, -0.2) is 0 Å². The largest absolute Gasteiger partial charge is 0.372 e. The second-order valence-corrected chi connectivity index (χ2v) is 1.18. The molecule has 1 radical (unpaired) electrons. The highest BCUT2D eigenvalue weighted by atomic mass is 35.5. The highest BCUT2D eigenvalue weighted by molar-refractivity contribution is 6.25. The molecule has 0 atom stereocenters. The second-order valence-electron chi connectivity index (χ2n) is 0.931. The van der Waals surface area contributed by atoms with E-state index in [0.717, 1.165) is 0 Å². The van der Waals surface area contributed by atoms with Crippen molar-refractivity contribution >= 4 is 11.6 Å². The number of halogens is 1. The van der Waals surface area contributed by atoms with Gasteiger partial charge in [-0.15, -0.1) is 0 Å². The van der Waals surface area contributed by atoms with E-state index in [1.807, 2.05) is 6.92 Å². The topological polar surface area (TPSA) is 9.23 Å². The molecule has 0 spiro atoms. The Labute approximate surface area is 48.9 Å². The van der Waals surface area contributed by atoms with Gasteiger partial charge in [-0.2, -0.15) is 0 Å². The summed E-state index contributed by atoms with van der Waals surface area (Å²) in [5.41, 5.74) is 1.43. The van der Waals surface area contributed by atoms with E-state index in [1.54, 1.807) is 12.7 Å². The van der Waals surface area contributed by atoms with Crippen molar-refractivity contribution in [2.75, 3.05) is 6.61 Å². The lowest BCUT2D eigenvalue weighted by Crippen LogP contribution is -1.80. The molecule has 0 aromatic heterocycles. The molecule has 41 valence electrons. The van der Waals surface area contributed by atoms with Crippen LogP contribution >= 0.6 is 11.6 Å². The third-order valence-electron chi connectivity index (χ3n) is 0.448. The Morgan fingerprint density at radius 1 is 1.71 bits per heavy atom. The van der Waals surface area contributed by atoms with Crippen LogP contribution in [0.4, 0.5) is 0 Å². The summed E-state index contributed by atoms with van der Waals surface area (Å²) in [7, 11) is 0. The van der Waals surface area contributed by atoms with Crippen LogP contribution < -0.4 is 0 Å². The van der Waals surface area contributed by atoms with Gasteiger partial charge >= 0.3 is 0 Å². The van der Waals surface area contributed by atoms with Crippen molar-refractivity contribution < 1.29 is 4.74 Å². The minimum absolute atomic E-state index is 0.569. The van der Waals surface area contributed by atoms with E-state index in [-0.39, 0.29) is 0 Å². The van der Waals surface area contributed by atoms with Gasteiger partial charge in [0, 0.05) is 5.54 Å². The van der Waals surface area contributed by atoms with Gasteiger partial charge < -0.3 is 4.74 Å². The fourth-order valence-corrected chi connectivity index (χ4v) is 0.261. The van der Waals surface area contributed by atoms with Gasteiger partial charge in [0.25, 0.3) is 0 Å². The minimum Gasteiger partial charge on any atom is -0.372 e. The van der Waals surface area contributed by atoms with Crippen molar-refractivity contribution in [3.05, 3.63) is 18.2 Å². The van der Waals surface area contributed by atoms with Gasteiger partial charge in [0.15, 0.2) is 0 Å².